The normalized spacial score (nSPS) is 16.5. The molecule has 15 nitrogen and oxygen atoms in total. The monoisotopic (exact) mass is 1030 g/mol. The molecule has 6 rings (SSSR count). The fourth-order valence-corrected chi connectivity index (χ4v) is 8.78. The number of carbonyl (C=O) groups is 1. The zero-order chi connectivity index (χ0) is 52.8. The second kappa shape index (κ2) is 32.2. The molecular formula is C60H75NO14. The quantitative estimate of drug-likeness (QED) is 0.0224. The standard InChI is InChI=1S/C60H75NO14/c1-4-5-14-28-67-44-51-25-26-56-57(43-51)72-38-39-74-59(27-15-17-50-41-48(2)40-49(3)42-50,46-68-34-37-70-55-23-13-12-22-54(55)69-35-32-65-30-31-66-33-36-71-56)47-73-58(62)24-16-29-75-60(45-61(63)64,52-18-8-6-9-19-52)53-20-10-7-11-21-53/h4,6-13,18-23,25-26,40-43H,1,5,14-17,24,27-39,44-47H2,2-3H3. The van der Waals surface area contributed by atoms with Crippen LogP contribution in [0.25, 0.3) is 0 Å². The molecule has 1 unspecified atom stereocenters. The van der Waals surface area contributed by atoms with Crippen molar-refractivity contribution >= 4 is 5.97 Å². The number of nitrogens with zero attached hydrogens (tertiary/aromatic N) is 1. The highest BCUT2D eigenvalue weighted by atomic mass is 16.6. The van der Waals surface area contributed by atoms with E-state index < -0.39 is 23.7 Å². The lowest BCUT2D eigenvalue weighted by Gasteiger charge is -2.33. The van der Waals surface area contributed by atoms with Crippen molar-refractivity contribution in [3.63, 3.8) is 0 Å². The third-order valence-electron chi connectivity index (χ3n) is 12.3. The lowest BCUT2D eigenvalue weighted by Crippen LogP contribution is -2.45. The van der Waals surface area contributed by atoms with E-state index in [2.05, 4.69) is 38.6 Å². The molecule has 1 heterocycles. The van der Waals surface area contributed by atoms with Crippen molar-refractivity contribution < 1.29 is 61.8 Å². The summed E-state index contributed by atoms with van der Waals surface area (Å²) in [5.41, 5.74) is 3.26. The minimum atomic E-state index is -1.38. The lowest BCUT2D eigenvalue weighted by atomic mass is 9.86. The van der Waals surface area contributed by atoms with Crippen molar-refractivity contribution in [3.8, 4) is 23.0 Å². The molecule has 0 bridgehead atoms. The summed E-state index contributed by atoms with van der Waals surface area (Å²) in [6.45, 7) is 11.2. The number of aryl methyl sites for hydroxylation is 3. The van der Waals surface area contributed by atoms with Crippen LogP contribution in [0.1, 0.15) is 71.9 Å². The molecule has 75 heavy (non-hydrogen) atoms. The van der Waals surface area contributed by atoms with Crippen molar-refractivity contribution in [2.45, 2.75) is 76.6 Å². The average molecular weight is 1030 g/mol. The van der Waals surface area contributed by atoms with E-state index in [9.17, 15) is 14.9 Å². The highest BCUT2D eigenvalue weighted by Gasteiger charge is 2.41. The maximum atomic E-state index is 13.8. The number of unbranched alkanes of at least 4 members (excludes halogenated alkanes) is 1. The van der Waals surface area contributed by atoms with Gasteiger partial charge in [-0.15, -0.1) is 6.58 Å². The Morgan fingerprint density at radius 2 is 1.23 bits per heavy atom. The summed E-state index contributed by atoms with van der Waals surface area (Å²) < 4.78 is 68.1. The van der Waals surface area contributed by atoms with Crippen molar-refractivity contribution in [2.24, 2.45) is 0 Å². The largest absolute Gasteiger partial charge is 0.487 e. The van der Waals surface area contributed by atoms with Gasteiger partial charge in [0, 0.05) is 24.6 Å². The molecule has 0 spiro atoms. The summed E-state index contributed by atoms with van der Waals surface area (Å²) in [7, 11) is 0. The Morgan fingerprint density at radius 1 is 0.653 bits per heavy atom. The Bertz CT molecular complexity index is 2390. The minimum Gasteiger partial charge on any atom is -0.487 e. The first kappa shape index (κ1) is 57.9. The topological polar surface area (TPSA) is 162 Å². The fraction of sp³-hybridized carbons (Fsp3) is 0.450. The van der Waals surface area contributed by atoms with Gasteiger partial charge in [0.25, 0.3) is 0 Å². The first-order valence-electron chi connectivity index (χ1n) is 26.1. The van der Waals surface area contributed by atoms with Crippen LogP contribution in [0.4, 0.5) is 0 Å². The number of fused-ring (bicyclic) bond motifs is 2. The van der Waals surface area contributed by atoms with Gasteiger partial charge in [-0.2, -0.15) is 0 Å². The zero-order valence-corrected chi connectivity index (χ0v) is 43.8. The summed E-state index contributed by atoms with van der Waals surface area (Å²) in [6.07, 6.45) is 5.78. The van der Waals surface area contributed by atoms with Crippen LogP contribution in [0.3, 0.4) is 0 Å². The fourth-order valence-electron chi connectivity index (χ4n) is 8.78. The Hall–Kier alpha value is -6.33. The van der Waals surface area contributed by atoms with E-state index in [1.54, 1.807) is 0 Å². The molecule has 0 amide bonds. The molecule has 1 aliphatic heterocycles. The van der Waals surface area contributed by atoms with E-state index in [4.69, 9.17) is 52.1 Å². The van der Waals surface area contributed by atoms with Crippen LogP contribution in [0.2, 0.25) is 0 Å². The molecule has 0 saturated heterocycles. The predicted octanol–water partition coefficient (Wildman–Crippen LogP) is 10.4. The van der Waals surface area contributed by atoms with Gasteiger partial charge in [-0.1, -0.05) is 114 Å². The van der Waals surface area contributed by atoms with Crippen molar-refractivity contribution in [3.05, 3.63) is 177 Å². The first-order chi connectivity index (χ1) is 36.7. The summed E-state index contributed by atoms with van der Waals surface area (Å²) in [6, 6.07) is 38.0. The summed E-state index contributed by atoms with van der Waals surface area (Å²) in [4.78, 5) is 25.6. The molecule has 0 fully saturated rings. The number of ether oxygens (including phenoxy) is 11. The average Bonchev–Trinajstić information content (AvgIpc) is 3.41. The van der Waals surface area contributed by atoms with Crippen LogP contribution >= 0.6 is 0 Å². The summed E-state index contributed by atoms with van der Waals surface area (Å²) in [5.74, 6) is 1.73. The number of carbonyl (C=O) groups excluding carboxylic acids is 1. The molecule has 0 radical (unpaired) electrons. The highest BCUT2D eigenvalue weighted by Crippen LogP contribution is 2.35. The number of hydrogen-bond donors (Lipinski definition) is 0. The first-order valence-corrected chi connectivity index (χ1v) is 26.1. The molecule has 5 aromatic rings. The second-order valence-corrected chi connectivity index (χ2v) is 18.4. The molecule has 404 valence electrons. The summed E-state index contributed by atoms with van der Waals surface area (Å²) >= 11 is 0. The molecule has 5 aromatic carbocycles. The van der Waals surface area contributed by atoms with Gasteiger partial charge in [0.2, 0.25) is 6.54 Å². The van der Waals surface area contributed by atoms with E-state index in [1.807, 2.05) is 109 Å². The van der Waals surface area contributed by atoms with E-state index in [0.717, 1.165) is 24.8 Å². The van der Waals surface area contributed by atoms with E-state index >= 15 is 0 Å². The van der Waals surface area contributed by atoms with Gasteiger partial charge < -0.3 is 52.1 Å². The molecule has 0 aliphatic carbocycles. The Kier molecular flexibility index (Phi) is 24.9. The van der Waals surface area contributed by atoms with Crippen LogP contribution in [-0.4, -0.2) is 116 Å². The number of rotatable bonds is 21. The lowest BCUT2D eigenvalue weighted by molar-refractivity contribution is -0.501. The van der Waals surface area contributed by atoms with Crippen LogP contribution in [0, 0.1) is 24.0 Å². The van der Waals surface area contributed by atoms with E-state index in [1.165, 1.54) is 16.7 Å². The molecule has 0 aromatic heterocycles. The maximum Gasteiger partial charge on any atom is 0.305 e. The van der Waals surface area contributed by atoms with Gasteiger partial charge in [0.1, 0.15) is 38.6 Å². The number of esters is 1. The van der Waals surface area contributed by atoms with Gasteiger partial charge >= 0.3 is 5.97 Å². The number of hydrogen-bond acceptors (Lipinski definition) is 14. The Balaban J connectivity index is 1.20. The van der Waals surface area contributed by atoms with E-state index in [0.29, 0.717) is 93.2 Å². The van der Waals surface area contributed by atoms with Gasteiger partial charge in [-0.3, -0.25) is 14.9 Å². The molecule has 0 N–H and O–H groups in total. The summed E-state index contributed by atoms with van der Waals surface area (Å²) in [5, 5.41) is 12.2. The van der Waals surface area contributed by atoms with Crippen LogP contribution in [0.15, 0.2) is 134 Å². The van der Waals surface area contributed by atoms with Gasteiger partial charge in [0.15, 0.2) is 28.6 Å². The smallest absolute Gasteiger partial charge is 0.305 e. The Morgan fingerprint density at radius 3 is 1.85 bits per heavy atom. The third-order valence-corrected chi connectivity index (χ3v) is 12.3. The van der Waals surface area contributed by atoms with Crippen molar-refractivity contribution in [2.75, 3.05) is 99.0 Å². The van der Waals surface area contributed by atoms with E-state index in [-0.39, 0.29) is 70.6 Å². The third kappa shape index (κ3) is 20.0. The maximum absolute atomic E-state index is 13.8. The molecule has 15 heteroatoms. The predicted molar refractivity (Wildman–Crippen MR) is 286 cm³/mol. The van der Waals surface area contributed by atoms with Gasteiger partial charge in [-0.05, 0) is 98.9 Å². The number of nitro groups is 1. The number of allylic oxidation sites excluding steroid dienone is 1. The number of benzene rings is 5. The Labute approximate surface area is 442 Å². The van der Waals surface area contributed by atoms with Crippen LogP contribution < -0.4 is 18.9 Å². The molecule has 0 saturated carbocycles. The molecule has 1 aliphatic rings. The molecular weight excluding hydrogens is 959 g/mol. The van der Waals surface area contributed by atoms with Crippen molar-refractivity contribution in [1.82, 2.24) is 0 Å². The van der Waals surface area contributed by atoms with Gasteiger partial charge in [-0.25, -0.2) is 0 Å². The minimum absolute atomic E-state index is 0.00961. The van der Waals surface area contributed by atoms with Crippen LogP contribution in [0.5, 0.6) is 23.0 Å². The van der Waals surface area contributed by atoms with Crippen LogP contribution in [-0.2, 0) is 56.6 Å². The SMILES string of the molecule is C=CCCCOCc1ccc2c(c1)OCCOC(CCCc1cc(C)cc(C)c1)(COC(=O)CCCOC(C[N+](=O)[O-])(c1ccccc1)c1ccccc1)COCCOc1ccccc1OCCOCCOCCO2. The second-order valence-electron chi connectivity index (χ2n) is 18.4. The number of para-hydroxylation sites is 2. The zero-order valence-electron chi connectivity index (χ0n) is 43.8. The highest BCUT2D eigenvalue weighted by molar-refractivity contribution is 5.69. The van der Waals surface area contributed by atoms with Gasteiger partial charge in [0.05, 0.1) is 52.9 Å². The van der Waals surface area contributed by atoms with Crippen molar-refractivity contribution in [1.29, 1.82) is 0 Å². The molecule has 1 atom stereocenters.